The maximum atomic E-state index is 14.0. The molecule has 0 unspecified atom stereocenters. The monoisotopic (exact) mass is 438 g/mol. The standard InChI is InChI=1S/C22H17F2N3O2.CH3NO/c1-3-13-12-25-19(11-16(13)21-26-27(2)22(28)29-21)14-7-9-15(10-8-14)20-17(23)5-4-6-18(20)24;2-1-3/h4-12H,3H2,1-2H3;1H,(H2,2,3). The lowest BCUT2D eigenvalue weighted by atomic mass is 10.00. The number of pyridine rings is 1. The van der Waals surface area contributed by atoms with E-state index in [2.05, 4.69) is 15.8 Å². The molecule has 0 saturated heterocycles. The van der Waals surface area contributed by atoms with Crippen molar-refractivity contribution < 1.29 is 18.0 Å². The fourth-order valence-corrected chi connectivity index (χ4v) is 3.16. The molecular formula is C23H20F2N4O3. The Morgan fingerprint density at radius 3 is 2.22 bits per heavy atom. The van der Waals surface area contributed by atoms with Crippen LogP contribution in [0.25, 0.3) is 33.8 Å². The van der Waals surface area contributed by atoms with E-state index in [0.717, 1.165) is 15.8 Å². The van der Waals surface area contributed by atoms with Crippen LogP contribution in [0, 0.1) is 11.6 Å². The lowest BCUT2D eigenvalue weighted by molar-refractivity contribution is -0.106. The molecule has 0 bridgehead atoms. The Morgan fingerprint density at radius 2 is 1.69 bits per heavy atom. The molecule has 0 radical (unpaired) electrons. The zero-order valence-electron chi connectivity index (χ0n) is 17.4. The Balaban J connectivity index is 0.000000913. The largest absolute Gasteiger partial charge is 0.437 e. The van der Waals surface area contributed by atoms with Gasteiger partial charge >= 0.3 is 5.76 Å². The molecule has 0 spiro atoms. The number of hydrogen-bond donors (Lipinski definition) is 1. The molecule has 0 aliphatic heterocycles. The summed E-state index contributed by atoms with van der Waals surface area (Å²) in [6.45, 7) is 1.97. The van der Waals surface area contributed by atoms with Crippen molar-refractivity contribution in [2.24, 2.45) is 12.8 Å². The molecule has 0 aliphatic carbocycles. The number of hydrogen-bond acceptors (Lipinski definition) is 5. The molecular weight excluding hydrogens is 418 g/mol. The number of halogens is 2. The molecule has 0 aliphatic rings. The zero-order valence-corrected chi connectivity index (χ0v) is 17.4. The third-order valence-corrected chi connectivity index (χ3v) is 4.72. The van der Waals surface area contributed by atoms with Crippen LogP contribution in [-0.2, 0) is 18.3 Å². The fraction of sp³-hybridized carbons (Fsp3) is 0.130. The van der Waals surface area contributed by atoms with E-state index in [9.17, 15) is 13.6 Å². The predicted molar refractivity (Wildman–Crippen MR) is 115 cm³/mol. The molecule has 0 saturated carbocycles. The minimum atomic E-state index is -0.615. The van der Waals surface area contributed by atoms with E-state index in [1.165, 1.54) is 25.2 Å². The van der Waals surface area contributed by atoms with Crippen LogP contribution in [0.5, 0.6) is 0 Å². The van der Waals surface area contributed by atoms with Crippen molar-refractivity contribution in [3.8, 4) is 33.8 Å². The molecule has 164 valence electrons. The van der Waals surface area contributed by atoms with Crippen LogP contribution in [0.2, 0.25) is 0 Å². The van der Waals surface area contributed by atoms with E-state index in [1.54, 1.807) is 36.5 Å². The summed E-state index contributed by atoms with van der Waals surface area (Å²) in [6.07, 6.45) is 2.65. The van der Waals surface area contributed by atoms with Crippen LogP contribution in [0.1, 0.15) is 12.5 Å². The number of aryl methyl sites for hydroxylation is 2. The summed E-state index contributed by atoms with van der Waals surface area (Å²) < 4.78 is 34.4. The third-order valence-electron chi connectivity index (χ3n) is 4.72. The Morgan fingerprint density at radius 1 is 1.09 bits per heavy atom. The third kappa shape index (κ3) is 4.61. The average molecular weight is 438 g/mol. The Hall–Kier alpha value is -4.14. The number of amides is 1. The Bertz CT molecular complexity index is 1280. The number of benzene rings is 2. The second-order valence-electron chi connectivity index (χ2n) is 6.69. The molecule has 0 atom stereocenters. The molecule has 9 heteroatoms. The number of carbonyl (C=O) groups is 1. The normalized spacial score (nSPS) is 10.4. The van der Waals surface area contributed by atoms with Gasteiger partial charge in [-0.15, -0.1) is 5.10 Å². The van der Waals surface area contributed by atoms with E-state index < -0.39 is 17.4 Å². The van der Waals surface area contributed by atoms with Gasteiger partial charge in [0.05, 0.1) is 11.3 Å². The average Bonchev–Trinajstić information content (AvgIpc) is 3.12. The minimum Gasteiger partial charge on any atom is -0.388 e. The molecule has 0 fully saturated rings. The van der Waals surface area contributed by atoms with E-state index >= 15 is 0 Å². The Kier molecular flexibility index (Phi) is 6.89. The van der Waals surface area contributed by atoms with Gasteiger partial charge in [0.25, 0.3) is 0 Å². The number of nitrogens with zero attached hydrogens (tertiary/aromatic N) is 3. The van der Waals surface area contributed by atoms with Gasteiger partial charge in [-0.2, -0.15) is 4.68 Å². The zero-order chi connectivity index (χ0) is 23.3. The summed E-state index contributed by atoms with van der Waals surface area (Å²) in [5.74, 6) is -1.55. The van der Waals surface area contributed by atoms with Crippen molar-refractivity contribution in [3.05, 3.63) is 82.5 Å². The quantitative estimate of drug-likeness (QED) is 0.489. The summed E-state index contributed by atoms with van der Waals surface area (Å²) >= 11 is 0. The number of aromatic nitrogens is 3. The van der Waals surface area contributed by atoms with Gasteiger partial charge in [0.15, 0.2) is 0 Å². The highest BCUT2D eigenvalue weighted by Crippen LogP contribution is 2.30. The molecule has 2 N–H and O–H groups in total. The predicted octanol–water partition coefficient (Wildman–Crippen LogP) is 3.71. The lowest BCUT2D eigenvalue weighted by Crippen LogP contribution is -2.09. The molecule has 2 aromatic heterocycles. The van der Waals surface area contributed by atoms with Crippen molar-refractivity contribution in [2.75, 3.05) is 0 Å². The van der Waals surface area contributed by atoms with Crippen LogP contribution in [0.15, 0.2) is 63.9 Å². The van der Waals surface area contributed by atoms with E-state index in [0.29, 0.717) is 23.2 Å². The molecule has 7 nitrogen and oxygen atoms in total. The maximum Gasteiger partial charge on any atom is 0.437 e. The second kappa shape index (κ2) is 9.78. The van der Waals surface area contributed by atoms with Crippen LogP contribution in [0.3, 0.4) is 0 Å². The minimum absolute atomic E-state index is 0.0655. The Labute approximate surface area is 182 Å². The summed E-state index contributed by atoms with van der Waals surface area (Å²) in [7, 11) is 1.52. The van der Waals surface area contributed by atoms with Gasteiger partial charge < -0.3 is 10.2 Å². The SMILES string of the molecule is CCc1cnc(-c2ccc(-c3c(F)cccc3F)cc2)cc1-c1nn(C)c(=O)o1.NC=O. The van der Waals surface area contributed by atoms with Gasteiger partial charge in [0, 0.05) is 24.4 Å². The summed E-state index contributed by atoms with van der Waals surface area (Å²) in [6, 6.07) is 12.4. The first kappa shape index (κ1) is 22.5. The van der Waals surface area contributed by atoms with E-state index in [-0.39, 0.29) is 17.9 Å². The number of nitrogens with two attached hydrogens (primary N) is 1. The van der Waals surface area contributed by atoms with Gasteiger partial charge in [-0.1, -0.05) is 37.3 Å². The van der Waals surface area contributed by atoms with Crippen LogP contribution >= 0.6 is 0 Å². The highest BCUT2D eigenvalue weighted by molar-refractivity contribution is 5.72. The van der Waals surface area contributed by atoms with Crippen molar-refractivity contribution in [1.29, 1.82) is 0 Å². The maximum absolute atomic E-state index is 14.0. The molecule has 32 heavy (non-hydrogen) atoms. The topological polar surface area (TPSA) is 104 Å². The van der Waals surface area contributed by atoms with Crippen molar-refractivity contribution in [3.63, 3.8) is 0 Å². The van der Waals surface area contributed by atoms with Crippen LogP contribution in [0.4, 0.5) is 8.78 Å². The number of carbonyl (C=O) groups excluding carboxylic acids is 1. The fourth-order valence-electron chi connectivity index (χ4n) is 3.16. The highest BCUT2D eigenvalue weighted by atomic mass is 19.1. The first-order valence-corrected chi connectivity index (χ1v) is 9.63. The smallest absolute Gasteiger partial charge is 0.388 e. The molecule has 2 heterocycles. The molecule has 4 rings (SSSR count). The summed E-state index contributed by atoms with van der Waals surface area (Å²) in [5.41, 5.74) is 7.49. The van der Waals surface area contributed by atoms with E-state index in [1.807, 2.05) is 6.92 Å². The van der Waals surface area contributed by atoms with Gasteiger partial charge in [-0.25, -0.2) is 13.6 Å². The van der Waals surface area contributed by atoms with Gasteiger partial charge in [-0.05, 0) is 35.7 Å². The molecule has 1 amide bonds. The summed E-state index contributed by atoms with van der Waals surface area (Å²) in [4.78, 5) is 24.7. The van der Waals surface area contributed by atoms with E-state index in [4.69, 9.17) is 9.21 Å². The lowest BCUT2D eigenvalue weighted by Gasteiger charge is -2.09. The summed E-state index contributed by atoms with van der Waals surface area (Å²) in [5, 5.41) is 4.12. The molecule has 2 aromatic carbocycles. The number of rotatable bonds is 4. The van der Waals surface area contributed by atoms with Crippen molar-refractivity contribution >= 4 is 6.41 Å². The van der Waals surface area contributed by atoms with Crippen molar-refractivity contribution in [2.45, 2.75) is 13.3 Å². The van der Waals surface area contributed by atoms with Gasteiger partial charge in [-0.3, -0.25) is 9.78 Å². The first-order chi connectivity index (χ1) is 15.4. The van der Waals surface area contributed by atoms with Crippen LogP contribution < -0.4 is 11.5 Å². The first-order valence-electron chi connectivity index (χ1n) is 9.63. The van der Waals surface area contributed by atoms with Gasteiger partial charge in [0.2, 0.25) is 12.3 Å². The second-order valence-corrected chi connectivity index (χ2v) is 6.69. The van der Waals surface area contributed by atoms with Crippen molar-refractivity contribution in [1.82, 2.24) is 14.8 Å². The number of primary amides is 1. The molecule has 4 aromatic rings. The highest BCUT2D eigenvalue weighted by Gasteiger charge is 2.15. The van der Waals surface area contributed by atoms with Crippen LogP contribution in [-0.4, -0.2) is 21.2 Å². The van der Waals surface area contributed by atoms with Gasteiger partial charge in [0.1, 0.15) is 11.6 Å².